The molecule has 0 radical (unpaired) electrons. The molecule has 1 heterocycles. The minimum Gasteiger partial charge on any atom is -0.489 e. The van der Waals surface area contributed by atoms with Crippen LogP contribution in [0.1, 0.15) is 18.4 Å². The van der Waals surface area contributed by atoms with Crippen LogP contribution in [-0.2, 0) is 11.0 Å². The normalized spacial score (nSPS) is 19.2. The maximum absolute atomic E-state index is 12.6. The number of benzene rings is 1. The summed E-state index contributed by atoms with van der Waals surface area (Å²) in [4.78, 5) is 13.1. The van der Waals surface area contributed by atoms with Crippen LogP contribution in [0.15, 0.2) is 36.9 Å². The van der Waals surface area contributed by atoms with Crippen molar-refractivity contribution in [3.05, 3.63) is 42.5 Å². The fourth-order valence-electron chi connectivity index (χ4n) is 2.30. The van der Waals surface area contributed by atoms with E-state index in [2.05, 4.69) is 6.58 Å². The highest BCUT2D eigenvalue weighted by Gasteiger charge is 2.31. The number of nitrogens with zero attached hydrogens (tertiary/aromatic N) is 1. The van der Waals surface area contributed by atoms with Crippen molar-refractivity contribution in [2.45, 2.75) is 25.1 Å². The first-order valence-electron chi connectivity index (χ1n) is 6.65. The van der Waals surface area contributed by atoms with Crippen molar-refractivity contribution >= 4 is 5.91 Å². The summed E-state index contributed by atoms with van der Waals surface area (Å²) in [6.07, 6.45) is -2.00. The Kier molecular flexibility index (Phi) is 4.55. The first kappa shape index (κ1) is 15.4. The Labute approximate surface area is 121 Å². The maximum atomic E-state index is 12.6. The maximum Gasteiger partial charge on any atom is 0.416 e. The second kappa shape index (κ2) is 6.20. The molecular formula is C15H16F3NO2. The average Bonchev–Trinajstić information content (AvgIpc) is 2.46. The van der Waals surface area contributed by atoms with Crippen LogP contribution in [0.25, 0.3) is 0 Å². The molecule has 1 atom stereocenters. The second-order valence-electron chi connectivity index (χ2n) is 4.90. The molecule has 0 saturated carbocycles. The Morgan fingerprint density at radius 2 is 2.19 bits per heavy atom. The van der Waals surface area contributed by atoms with Crippen LogP contribution < -0.4 is 4.74 Å². The SMILES string of the molecule is C=CC(=O)N1CCC[C@@H](Oc2cccc(C(F)(F)F)c2)C1. The lowest BCUT2D eigenvalue weighted by Gasteiger charge is -2.32. The molecule has 3 nitrogen and oxygen atoms in total. The molecule has 0 N–H and O–H groups in total. The zero-order valence-corrected chi connectivity index (χ0v) is 11.4. The summed E-state index contributed by atoms with van der Waals surface area (Å²) in [6, 6.07) is 4.78. The number of likely N-dealkylation sites (tertiary alicyclic amines) is 1. The van der Waals surface area contributed by atoms with Gasteiger partial charge in [0, 0.05) is 6.54 Å². The summed E-state index contributed by atoms with van der Waals surface area (Å²) in [5.41, 5.74) is -0.741. The van der Waals surface area contributed by atoms with Gasteiger partial charge in [0.25, 0.3) is 0 Å². The van der Waals surface area contributed by atoms with Crippen LogP contribution in [0.4, 0.5) is 13.2 Å². The number of carbonyl (C=O) groups excluding carboxylic acids is 1. The number of carbonyl (C=O) groups is 1. The third kappa shape index (κ3) is 4.00. The molecule has 21 heavy (non-hydrogen) atoms. The van der Waals surface area contributed by atoms with E-state index in [1.54, 1.807) is 4.90 Å². The van der Waals surface area contributed by atoms with Gasteiger partial charge in [0.1, 0.15) is 11.9 Å². The lowest BCUT2D eigenvalue weighted by Crippen LogP contribution is -2.43. The Morgan fingerprint density at radius 1 is 1.43 bits per heavy atom. The van der Waals surface area contributed by atoms with E-state index in [9.17, 15) is 18.0 Å². The van der Waals surface area contributed by atoms with Crippen molar-refractivity contribution in [2.24, 2.45) is 0 Å². The number of hydrogen-bond acceptors (Lipinski definition) is 2. The largest absolute Gasteiger partial charge is 0.489 e. The number of halogens is 3. The van der Waals surface area contributed by atoms with Gasteiger partial charge in [0.2, 0.25) is 5.91 Å². The first-order valence-corrected chi connectivity index (χ1v) is 6.65. The standard InChI is InChI=1S/C15H16F3NO2/c1-2-14(20)19-8-4-7-13(10-19)21-12-6-3-5-11(9-12)15(16,17)18/h2-3,5-6,9,13H,1,4,7-8,10H2/t13-/m1/s1. The number of piperidine rings is 1. The van der Waals surface area contributed by atoms with Crippen molar-refractivity contribution in [3.8, 4) is 5.75 Å². The monoisotopic (exact) mass is 299 g/mol. The fourth-order valence-corrected chi connectivity index (χ4v) is 2.30. The molecular weight excluding hydrogens is 283 g/mol. The molecule has 1 amide bonds. The lowest BCUT2D eigenvalue weighted by molar-refractivity contribution is -0.137. The van der Waals surface area contributed by atoms with Gasteiger partial charge in [0.15, 0.2) is 0 Å². The molecule has 1 fully saturated rings. The Balaban J connectivity index is 2.04. The quantitative estimate of drug-likeness (QED) is 0.802. The van der Waals surface area contributed by atoms with Gasteiger partial charge in [0.05, 0.1) is 12.1 Å². The summed E-state index contributed by atoms with van der Waals surface area (Å²) >= 11 is 0. The van der Waals surface area contributed by atoms with Crippen LogP contribution in [0.3, 0.4) is 0 Å². The molecule has 1 aliphatic heterocycles. The Morgan fingerprint density at radius 3 is 2.86 bits per heavy atom. The van der Waals surface area contributed by atoms with E-state index in [1.165, 1.54) is 18.2 Å². The second-order valence-corrected chi connectivity index (χ2v) is 4.90. The van der Waals surface area contributed by atoms with E-state index in [1.807, 2.05) is 0 Å². The molecule has 0 aliphatic carbocycles. The summed E-state index contributed by atoms with van der Waals surface area (Å²) in [5, 5.41) is 0. The predicted molar refractivity (Wildman–Crippen MR) is 71.9 cm³/mol. The predicted octanol–water partition coefficient (Wildman–Crippen LogP) is 3.26. The van der Waals surface area contributed by atoms with Crippen molar-refractivity contribution in [3.63, 3.8) is 0 Å². The van der Waals surface area contributed by atoms with Gasteiger partial charge in [-0.05, 0) is 37.1 Å². The van der Waals surface area contributed by atoms with Gasteiger partial charge >= 0.3 is 6.18 Å². The molecule has 1 aromatic rings. The summed E-state index contributed by atoms with van der Waals surface area (Å²) in [6.45, 7) is 4.41. The van der Waals surface area contributed by atoms with E-state index in [0.717, 1.165) is 18.6 Å². The summed E-state index contributed by atoms with van der Waals surface area (Å²) < 4.78 is 43.5. The number of hydrogen-bond donors (Lipinski definition) is 0. The highest BCUT2D eigenvalue weighted by atomic mass is 19.4. The Bertz CT molecular complexity index is 528. The molecule has 1 aliphatic rings. The molecule has 0 bridgehead atoms. The van der Waals surface area contributed by atoms with Gasteiger partial charge < -0.3 is 9.64 Å². The fraction of sp³-hybridized carbons (Fsp3) is 0.400. The zero-order chi connectivity index (χ0) is 15.5. The third-order valence-corrected chi connectivity index (χ3v) is 3.33. The number of alkyl halides is 3. The van der Waals surface area contributed by atoms with Crippen LogP contribution in [0.5, 0.6) is 5.75 Å². The Hall–Kier alpha value is -1.98. The van der Waals surface area contributed by atoms with E-state index >= 15 is 0 Å². The minimum atomic E-state index is -4.39. The van der Waals surface area contributed by atoms with Gasteiger partial charge in [-0.3, -0.25) is 4.79 Å². The van der Waals surface area contributed by atoms with E-state index in [4.69, 9.17) is 4.74 Å². The van der Waals surface area contributed by atoms with Crippen molar-refractivity contribution in [1.29, 1.82) is 0 Å². The molecule has 2 rings (SSSR count). The molecule has 0 unspecified atom stereocenters. The van der Waals surface area contributed by atoms with Crippen LogP contribution in [-0.4, -0.2) is 30.0 Å². The van der Waals surface area contributed by atoms with E-state index in [-0.39, 0.29) is 17.8 Å². The lowest BCUT2D eigenvalue weighted by atomic mass is 10.1. The molecule has 6 heteroatoms. The average molecular weight is 299 g/mol. The van der Waals surface area contributed by atoms with Crippen LogP contribution >= 0.6 is 0 Å². The topological polar surface area (TPSA) is 29.5 Å². The van der Waals surface area contributed by atoms with Crippen LogP contribution in [0.2, 0.25) is 0 Å². The highest BCUT2D eigenvalue weighted by molar-refractivity contribution is 5.87. The van der Waals surface area contributed by atoms with E-state index in [0.29, 0.717) is 19.5 Å². The van der Waals surface area contributed by atoms with Gasteiger partial charge in [-0.1, -0.05) is 12.6 Å². The van der Waals surface area contributed by atoms with Crippen molar-refractivity contribution in [2.75, 3.05) is 13.1 Å². The van der Waals surface area contributed by atoms with Crippen LogP contribution in [0, 0.1) is 0 Å². The zero-order valence-electron chi connectivity index (χ0n) is 11.4. The third-order valence-electron chi connectivity index (χ3n) is 3.33. The van der Waals surface area contributed by atoms with Crippen molar-refractivity contribution in [1.82, 2.24) is 4.90 Å². The molecule has 114 valence electrons. The smallest absolute Gasteiger partial charge is 0.416 e. The molecule has 0 aromatic heterocycles. The molecule has 0 spiro atoms. The molecule has 1 aromatic carbocycles. The van der Waals surface area contributed by atoms with Gasteiger partial charge in [-0.15, -0.1) is 0 Å². The number of amides is 1. The summed E-state index contributed by atoms with van der Waals surface area (Å²) in [5.74, 6) is -0.0185. The first-order chi connectivity index (χ1) is 9.90. The van der Waals surface area contributed by atoms with Gasteiger partial charge in [-0.25, -0.2) is 0 Å². The van der Waals surface area contributed by atoms with Gasteiger partial charge in [-0.2, -0.15) is 13.2 Å². The number of rotatable bonds is 3. The number of ether oxygens (including phenoxy) is 1. The molecule has 1 saturated heterocycles. The van der Waals surface area contributed by atoms with Crippen molar-refractivity contribution < 1.29 is 22.7 Å². The minimum absolute atomic E-state index is 0.169. The highest BCUT2D eigenvalue weighted by Crippen LogP contribution is 2.31. The van der Waals surface area contributed by atoms with E-state index < -0.39 is 11.7 Å². The summed E-state index contributed by atoms with van der Waals surface area (Å²) in [7, 11) is 0.